The Kier molecular flexibility index (Phi) is 2.88. The highest BCUT2D eigenvalue weighted by atomic mass is 16.5. The van der Waals surface area contributed by atoms with Crippen molar-refractivity contribution in [2.45, 2.75) is 20.0 Å². The summed E-state index contributed by atoms with van der Waals surface area (Å²) in [6, 6.07) is 6.52. The third kappa shape index (κ3) is 1.66. The molecule has 0 aliphatic carbocycles. The zero-order valence-electron chi connectivity index (χ0n) is 11.3. The van der Waals surface area contributed by atoms with Gasteiger partial charge >= 0.3 is 0 Å². The van der Waals surface area contributed by atoms with Gasteiger partial charge in [0.25, 0.3) is 0 Å². The summed E-state index contributed by atoms with van der Waals surface area (Å²) < 4.78 is 8.22. The average Bonchev–Trinajstić information content (AvgIpc) is 2.64. The van der Waals surface area contributed by atoms with Crippen LogP contribution in [0.3, 0.4) is 0 Å². The maximum Gasteiger partial charge on any atom is 0.0973 e. The van der Waals surface area contributed by atoms with Crippen molar-refractivity contribution in [2.75, 3.05) is 19.7 Å². The normalized spacial score (nSPS) is 20.5. The fourth-order valence-corrected chi connectivity index (χ4v) is 3.02. The standard InChI is InChI=1S/C15H20N2O/c1-10-5-4-6-12-14(11(2)17(3)15(10)12)13-9-16-7-8-18-13/h4-6,13,16H,7-9H2,1-3H3. The van der Waals surface area contributed by atoms with Crippen LogP contribution in [0.15, 0.2) is 18.2 Å². The SMILES string of the molecule is Cc1cccc2c(C3CNCCO3)c(C)n(C)c12. The van der Waals surface area contributed by atoms with E-state index in [4.69, 9.17) is 4.74 Å². The van der Waals surface area contributed by atoms with Crippen molar-refractivity contribution in [1.82, 2.24) is 9.88 Å². The van der Waals surface area contributed by atoms with Crippen molar-refractivity contribution in [2.24, 2.45) is 7.05 Å². The molecule has 0 amide bonds. The van der Waals surface area contributed by atoms with E-state index in [1.807, 2.05) is 0 Å². The Morgan fingerprint density at radius 2 is 2.17 bits per heavy atom. The topological polar surface area (TPSA) is 26.2 Å². The first kappa shape index (κ1) is 11.8. The van der Waals surface area contributed by atoms with Gasteiger partial charge in [-0.05, 0) is 19.4 Å². The fourth-order valence-electron chi connectivity index (χ4n) is 3.02. The molecule has 0 bridgehead atoms. The summed E-state index contributed by atoms with van der Waals surface area (Å²) in [7, 11) is 2.14. The molecule has 0 saturated carbocycles. The van der Waals surface area contributed by atoms with Gasteiger partial charge in [0.2, 0.25) is 0 Å². The molecule has 1 saturated heterocycles. The van der Waals surface area contributed by atoms with Crippen molar-refractivity contribution in [3.8, 4) is 0 Å². The van der Waals surface area contributed by atoms with Crippen molar-refractivity contribution in [3.63, 3.8) is 0 Å². The summed E-state index contributed by atoms with van der Waals surface area (Å²) in [5, 5.41) is 4.75. The van der Waals surface area contributed by atoms with E-state index in [2.05, 4.69) is 49.0 Å². The fraction of sp³-hybridized carbons (Fsp3) is 0.467. The molecule has 1 N–H and O–H groups in total. The van der Waals surface area contributed by atoms with Gasteiger partial charge in [-0.15, -0.1) is 0 Å². The number of rotatable bonds is 1. The number of hydrogen-bond donors (Lipinski definition) is 1. The van der Waals surface area contributed by atoms with Crippen LogP contribution in [0.5, 0.6) is 0 Å². The lowest BCUT2D eigenvalue weighted by Crippen LogP contribution is -2.33. The highest BCUT2D eigenvalue weighted by molar-refractivity contribution is 5.88. The third-order valence-electron chi connectivity index (χ3n) is 4.01. The number of ether oxygens (including phenoxy) is 1. The lowest BCUT2D eigenvalue weighted by atomic mass is 10.0. The highest BCUT2D eigenvalue weighted by Crippen LogP contribution is 2.33. The zero-order valence-corrected chi connectivity index (χ0v) is 11.3. The summed E-state index contributed by atoms with van der Waals surface area (Å²) in [4.78, 5) is 0. The Morgan fingerprint density at radius 1 is 1.33 bits per heavy atom. The first-order chi connectivity index (χ1) is 8.70. The summed E-state index contributed by atoms with van der Waals surface area (Å²) >= 11 is 0. The second kappa shape index (κ2) is 4.41. The Balaban J connectivity index is 2.22. The first-order valence-electron chi connectivity index (χ1n) is 6.57. The van der Waals surface area contributed by atoms with E-state index in [1.165, 1.54) is 27.7 Å². The number of nitrogens with one attached hydrogen (secondary N) is 1. The van der Waals surface area contributed by atoms with E-state index in [0.29, 0.717) is 0 Å². The highest BCUT2D eigenvalue weighted by Gasteiger charge is 2.23. The van der Waals surface area contributed by atoms with Gasteiger partial charge in [-0.25, -0.2) is 0 Å². The van der Waals surface area contributed by atoms with Crippen molar-refractivity contribution < 1.29 is 4.74 Å². The molecular weight excluding hydrogens is 224 g/mol. The summed E-state index contributed by atoms with van der Waals surface area (Å²) in [6.45, 7) is 7.03. The van der Waals surface area contributed by atoms with E-state index in [1.54, 1.807) is 0 Å². The number of morpholine rings is 1. The molecule has 3 nitrogen and oxygen atoms in total. The van der Waals surface area contributed by atoms with Gasteiger partial charge in [-0.2, -0.15) is 0 Å². The van der Waals surface area contributed by atoms with E-state index in [9.17, 15) is 0 Å². The molecule has 2 aromatic rings. The molecule has 2 heterocycles. The second-order valence-corrected chi connectivity index (χ2v) is 5.09. The van der Waals surface area contributed by atoms with E-state index in [0.717, 1.165) is 19.7 Å². The van der Waals surface area contributed by atoms with Gasteiger partial charge in [0.1, 0.15) is 0 Å². The number of para-hydroxylation sites is 1. The maximum absolute atomic E-state index is 5.93. The molecule has 1 unspecified atom stereocenters. The number of aromatic nitrogens is 1. The lowest BCUT2D eigenvalue weighted by Gasteiger charge is -2.24. The van der Waals surface area contributed by atoms with Gasteiger partial charge in [0, 0.05) is 36.8 Å². The first-order valence-corrected chi connectivity index (χ1v) is 6.57. The molecule has 18 heavy (non-hydrogen) atoms. The van der Waals surface area contributed by atoms with Crippen LogP contribution >= 0.6 is 0 Å². The molecule has 96 valence electrons. The second-order valence-electron chi connectivity index (χ2n) is 5.09. The number of nitrogens with zero attached hydrogens (tertiary/aromatic N) is 1. The van der Waals surface area contributed by atoms with E-state index >= 15 is 0 Å². The minimum absolute atomic E-state index is 0.184. The maximum atomic E-state index is 5.93. The van der Waals surface area contributed by atoms with Crippen LogP contribution in [0, 0.1) is 13.8 Å². The Hall–Kier alpha value is -1.32. The molecule has 0 spiro atoms. The number of aryl methyl sites for hydroxylation is 2. The number of hydrogen-bond acceptors (Lipinski definition) is 2. The summed E-state index contributed by atoms with van der Waals surface area (Å²) in [5.74, 6) is 0. The minimum Gasteiger partial charge on any atom is -0.371 e. The zero-order chi connectivity index (χ0) is 12.7. The van der Waals surface area contributed by atoms with Crippen molar-refractivity contribution in [1.29, 1.82) is 0 Å². The smallest absolute Gasteiger partial charge is 0.0973 e. The predicted molar refractivity (Wildman–Crippen MR) is 74.0 cm³/mol. The Labute approximate surface area is 108 Å². The van der Waals surface area contributed by atoms with Gasteiger partial charge < -0.3 is 14.6 Å². The van der Waals surface area contributed by atoms with Crippen molar-refractivity contribution in [3.05, 3.63) is 35.0 Å². The molecule has 3 heteroatoms. The molecule has 1 aromatic heterocycles. The van der Waals surface area contributed by atoms with Crippen LogP contribution in [0.2, 0.25) is 0 Å². The van der Waals surface area contributed by atoms with Crippen LogP contribution in [0.1, 0.15) is 22.9 Å². The van der Waals surface area contributed by atoms with Crippen LogP contribution in [0.4, 0.5) is 0 Å². The summed E-state index contributed by atoms with van der Waals surface area (Å²) in [5.41, 5.74) is 5.32. The van der Waals surface area contributed by atoms with Crippen LogP contribution in [-0.4, -0.2) is 24.3 Å². The van der Waals surface area contributed by atoms with E-state index < -0.39 is 0 Å². The molecule has 1 atom stereocenters. The number of benzene rings is 1. The molecule has 1 fully saturated rings. The van der Waals surface area contributed by atoms with Gasteiger partial charge in [0.05, 0.1) is 18.2 Å². The quantitative estimate of drug-likeness (QED) is 0.834. The molecule has 1 aliphatic heterocycles. The minimum atomic E-state index is 0.184. The van der Waals surface area contributed by atoms with Gasteiger partial charge in [-0.3, -0.25) is 0 Å². The largest absolute Gasteiger partial charge is 0.371 e. The van der Waals surface area contributed by atoms with E-state index in [-0.39, 0.29) is 6.10 Å². The number of fused-ring (bicyclic) bond motifs is 1. The molecule has 1 aromatic carbocycles. The molecular formula is C15H20N2O. The molecule has 0 radical (unpaired) electrons. The molecule has 1 aliphatic rings. The van der Waals surface area contributed by atoms with Gasteiger partial charge in [-0.1, -0.05) is 18.2 Å². The monoisotopic (exact) mass is 244 g/mol. The van der Waals surface area contributed by atoms with Crippen molar-refractivity contribution >= 4 is 10.9 Å². The van der Waals surface area contributed by atoms with Gasteiger partial charge in [0.15, 0.2) is 0 Å². The third-order valence-corrected chi connectivity index (χ3v) is 4.01. The Bertz CT molecular complexity index is 580. The average molecular weight is 244 g/mol. The predicted octanol–water partition coefficient (Wildman–Crippen LogP) is 2.46. The Morgan fingerprint density at radius 3 is 2.89 bits per heavy atom. The van der Waals surface area contributed by atoms with Crippen LogP contribution in [-0.2, 0) is 11.8 Å². The lowest BCUT2D eigenvalue weighted by molar-refractivity contribution is 0.0281. The van der Waals surface area contributed by atoms with Crippen LogP contribution < -0.4 is 5.32 Å². The van der Waals surface area contributed by atoms with Crippen LogP contribution in [0.25, 0.3) is 10.9 Å². The summed E-state index contributed by atoms with van der Waals surface area (Å²) in [6.07, 6.45) is 0.184. The molecule has 3 rings (SSSR count).